The van der Waals surface area contributed by atoms with Crippen LogP contribution in [0, 0.1) is 6.92 Å². The number of aromatic nitrogens is 2. The highest BCUT2D eigenvalue weighted by atomic mass is 15.2. The molecule has 0 saturated carbocycles. The molecule has 0 radical (unpaired) electrons. The second-order valence-electron chi connectivity index (χ2n) is 4.77. The van der Waals surface area contributed by atoms with E-state index in [0.29, 0.717) is 6.04 Å². The quantitative estimate of drug-likeness (QED) is 0.824. The minimum Gasteiger partial charge on any atom is -0.352 e. The largest absolute Gasteiger partial charge is 0.352 e. The lowest BCUT2D eigenvalue weighted by molar-refractivity contribution is 0.768. The molecule has 1 unspecified atom stereocenters. The number of rotatable bonds is 2. The van der Waals surface area contributed by atoms with Crippen LogP contribution in [0.4, 0.5) is 5.95 Å². The highest BCUT2D eigenvalue weighted by Gasteiger charge is 2.17. The number of fused-ring (bicyclic) bond motifs is 1. The summed E-state index contributed by atoms with van der Waals surface area (Å²) in [4.78, 5) is 4.66. The lowest BCUT2D eigenvalue weighted by Crippen LogP contribution is -2.23. The van der Waals surface area contributed by atoms with Crippen LogP contribution in [0.3, 0.4) is 0 Å². The van der Waals surface area contributed by atoms with Crippen molar-refractivity contribution < 1.29 is 0 Å². The van der Waals surface area contributed by atoms with E-state index >= 15 is 0 Å². The lowest BCUT2D eigenvalue weighted by atomic mass is 10.2. The maximum Gasteiger partial charge on any atom is 0.203 e. The van der Waals surface area contributed by atoms with Gasteiger partial charge in [-0.15, -0.1) is 0 Å². The SMILES string of the molecule is Cc1cccc2nc(NC3CCNC3)n(C)c12. The predicted octanol–water partition coefficient (Wildman–Crippen LogP) is 1.66. The average Bonchev–Trinajstić information content (AvgIpc) is 2.90. The van der Waals surface area contributed by atoms with E-state index in [9.17, 15) is 0 Å². The first kappa shape index (κ1) is 10.6. The Kier molecular flexibility index (Phi) is 2.52. The van der Waals surface area contributed by atoms with Gasteiger partial charge in [-0.1, -0.05) is 12.1 Å². The predicted molar refractivity (Wildman–Crippen MR) is 70.3 cm³/mol. The third-order valence-electron chi connectivity index (χ3n) is 3.49. The van der Waals surface area contributed by atoms with Gasteiger partial charge in [0.1, 0.15) is 0 Å². The van der Waals surface area contributed by atoms with Crippen molar-refractivity contribution in [1.82, 2.24) is 14.9 Å². The normalized spacial score (nSPS) is 20.0. The second kappa shape index (κ2) is 4.04. The van der Waals surface area contributed by atoms with E-state index in [1.54, 1.807) is 0 Å². The molecular formula is C13H18N4. The van der Waals surface area contributed by atoms with Crippen LogP contribution in [-0.4, -0.2) is 28.7 Å². The van der Waals surface area contributed by atoms with Crippen molar-refractivity contribution in [2.45, 2.75) is 19.4 Å². The fourth-order valence-corrected chi connectivity index (χ4v) is 2.55. The number of nitrogens with one attached hydrogen (secondary N) is 2. The summed E-state index contributed by atoms with van der Waals surface area (Å²) in [6, 6.07) is 6.77. The lowest BCUT2D eigenvalue weighted by Gasteiger charge is -2.12. The van der Waals surface area contributed by atoms with Gasteiger partial charge in [0, 0.05) is 19.6 Å². The summed E-state index contributed by atoms with van der Waals surface area (Å²) in [5, 5.41) is 6.87. The van der Waals surface area contributed by atoms with Crippen LogP contribution < -0.4 is 10.6 Å². The number of benzene rings is 1. The van der Waals surface area contributed by atoms with Crippen LogP contribution in [0.5, 0.6) is 0 Å². The van der Waals surface area contributed by atoms with Gasteiger partial charge in [-0.25, -0.2) is 4.98 Å². The van der Waals surface area contributed by atoms with Gasteiger partial charge in [-0.3, -0.25) is 0 Å². The van der Waals surface area contributed by atoms with E-state index in [0.717, 1.165) is 24.6 Å². The van der Waals surface area contributed by atoms with Crippen molar-refractivity contribution in [2.75, 3.05) is 18.4 Å². The van der Waals surface area contributed by atoms with E-state index in [-0.39, 0.29) is 0 Å². The summed E-state index contributed by atoms with van der Waals surface area (Å²) in [6.07, 6.45) is 1.17. The first-order valence-electron chi connectivity index (χ1n) is 6.15. The van der Waals surface area contributed by atoms with Gasteiger partial charge in [0.05, 0.1) is 11.0 Å². The molecule has 2 N–H and O–H groups in total. The molecule has 1 saturated heterocycles. The Bertz CT molecular complexity index is 538. The topological polar surface area (TPSA) is 41.9 Å². The molecule has 4 nitrogen and oxygen atoms in total. The Balaban J connectivity index is 1.99. The third-order valence-corrected chi connectivity index (χ3v) is 3.49. The summed E-state index contributed by atoms with van der Waals surface area (Å²) < 4.78 is 2.16. The maximum absolute atomic E-state index is 4.66. The smallest absolute Gasteiger partial charge is 0.203 e. The van der Waals surface area contributed by atoms with Crippen LogP contribution in [0.1, 0.15) is 12.0 Å². The number of nitrogens with zero attached hydrogens (tertiary/aromatic N) is 2. The molecule has 0 amide bonds. The molecule has 1 atom stereocenters. The summed E-state index contributed by atoms with van der Waals surface area (Å²) in [6.45, 7) is 4.26. The van der Waals surface area contributed by atoms with Crippen molar-refractivity contribution in [3.8, 4) is 0 Å². The molecule has 17 heavy (non-hydrogen) atoms. The van der Waals surface area contributed by atoms with Crippen LogP contribution in [0.2, 0.25) is 0 Å². The number of hydrogen-bond acceptors (Lipinski definition) is 3. The van der Waals surface area contributed by atoms with Crippen molar-refractivity contribution in [3.63, 3.8) is 0 Å². The fraction of sp³-hybridized carbons (Fsp3) is 0.462. The molecule has 1 aliphatic rings. The zero-order chi connectivity index (χ0) is 11.8. The van der Waals surface area contributed by atoms with E-state index in [2.05, 4.69) is 52.4 Å². The molecule has 4 heteroatoms. The Labute approximate surface area is 101 Å². The van der Waals surface area contributed by atoms with Gasteiger partial charge in [-0.2, -0.15) is 0 Å². The number of hydrogen-bond donors (Lipinski definition) is 2. The summed E-state index contributed by atoms with van der Waals surface area (Å²) in [7, 11) is 2.08. The average molecular weight is 230 g/mol. The van der Waals surface area contributed by atoms with Gasteiger partial charge in [0.2, 0.25) is 5.95 Å². The second-order valence-corrected chi connectivity index (χ2v) is 4.77. The van der Waals surface area contributed by atoms with Gasteiger partial charge < -0.3 is 15.2 Å². The van der Waals surface area contributed by atoms with Crippen LogP contribution in [0.25, 0.3) is 11.0 Å². The molecular weight excluding hydrogens is 212 g/mol. The van der Waals surface area contributed by atoms with Gasteiger partial charge in [0.15, 0.2) is 0 Å². The van der Waals surface area contributed by atoms with Crippen LogP contribution >= 0.6 is 0 Å². The molecule has 0 spiro atoms. The zero-order valence-corrected chi connectivity index (χ0v) is 10.3. The minimum absolute atomic E-state index is 0.505. The maximum atomic E-state index is 4.66. The Morgan fingerprint density at radius 1 is 1.47 bits per heavy atom. The van der Waals surface area contributed by atoms with E-state index in [1.165, 1.54) is 17.5 Å². The molecule has 90 valence electrons. The summed E-state index contributed by atoms with van der Waals surface area (Å²) in [5.74, 6) is 0.975. The number of anilines is 1. The number of imidazole rings is 1. The first-order valence-corrected chi connectivity index (χ1v) is 6.15. The standard InChI is InChI=1S/C13H18N4/c1-9-4-3-5-11-12(9)17(2)13(16-11)15-10-6-7-14-8-10/h3-5,10,14H,6-8H2,1-2H3,(H,15,16). The molecule has 1 aliphatic heterocycles. The highest BCUT2D eigenvalue weighted by Crippen LogP contribution is 2.22. The summed E-state index contributed by atoms with van der Waals surface area (Å²) >= 11 is 0. The summed E-state index contributed by atoms with van der Waals surface area (Å²) in [5.41, 5.74) is 3.57. The van der Waals surface area contributed by atoms with Crippen molar-refractivity contribution >= 4 is 17.0 Å². The van der Waals surface area contributed by atoms with Crippen molar-refractivity contribution in [3.05, 3.63) is 23.8 Å². The highest BCUT2D eigenvalue weighted by molar-refractivity contribution is 5.81. The van der Waals surface area contributed by atoms with Crippen LogP contribution in [0.15, 0.2) is 18.2 Å². The van der Waals surface area contributed by atoms with Gasteiger partial charge in [0.25, 0.3) is 0 Å². The molecule has 1 aromatic heterocycles. The minimum atomic E-state index is 0.505. The van der Waals surface area contributed by atoms with Crippen LogP contribution in [-0.2, 0) is 7.05 Å². The molecule has 1 fully saturated rings. The molecule has 2 aromatic rings. The monoisotopic (exact) mass is 230 g/mol. The molecule has 0 aliphatic carbocycles. The fourth-order valence-electron chi connectivity index (χ4n) is 2.55. The Morgan fingerprint density at radius 3 is 3.06 bits per heavy atom. The van der Waals surface area contributed by atoms with Crippen molar-refractivity contribution in [1.29, 1.82) is 0 Å². The third kappa shape index (κ3) is 1.78. The first-order chi connectivity index (χ1) is 8.25. The van der Waals surface area contributed by atoms with Gasteiger partial charge in [-0.05, 0) is 31.5 Å². The Morgan fingerprint density at radius 2 is 2.35 bits per heavy atom. The van der Waals surface area contributed by atoms with E-state index in [1.807, 2.05) is 0 Å². The zero-order valence-electron chi connectivity index (χ0n) is 10.3. The number of para-hydroxylation sites is 1. The van der Waals surface area contributed by atoms with E-state index < -0.39 is 0 Å². The molecule has 2 heterocycles. The van der Waals surface area contributed by atoms with Gasteiger partial charge >= 0.3 is 0 Å². The van der Waals surface area contributed by atoms with E-state index in [4.69, 9.17) is 0 Å². The van der Waals surface area contributed by atoms with Crippen molar-refractivity contribution in [2.24, 2.45) is 7.05 Å². The molecule has 3 rings (SSSR count). The molecule has 1 aromatic carbocycles. The Hall–Kier alpha value is -1.55. The number of aryl methyl sites for hydroxylation is 2. The molecule has 0 bridgehead atoms.